The Morgan fingerprint density at radius 1 is 1.50 bits per heavy atom. The smallest absolute Gasteiger partial charge is 0.196 e. The normalized spacial score (nSPS) is 9.40. The van der Waals surface area contributed by atoms with Crippen molar-refractivity contribution in [2.75, 3.05) is 11.1 Å². The number of hydrogen-bond donors (Lipinski definition) is 0. The lowest BCUT2D eigenvalue weighted by molar-refractivity contribution is -0.121. The van der Waals surface area contributed by atoms with Crippen LogP contribution in [-0.4, -0.2) is 22.0 Å². The Morgan fingerprint density at radius 2 is 2.10 bits per heavy atom. The lowest BCUT2D eigenvalue weighted by Gasteiger charge is -1.93. The van der Waals surface area contributed by atoms with Crippen molar-refractivity contribution < 1.29 is 9.59 Å². The Hall–Kier alpha value is 0.170. The SMILES string of the molecule is CCSC(=O)CC(=O)CBr. The molecule has 0 saturated heterocycles. The molecule has 0 spiro atoms. The third-order valence-electron chi connectivity index (χ3n) is 0.796. The highest BCUT2D eigenvalue weighted by molar-refractivity contribution is 9.09. The summed E-state index contributed by atoms with van der Waals surface area (Å²) in [5.74, 6) is 0.694. The van der Waals surface area contributed by atoms with Crippen LogP contribution < -0.4 is 0 Å². The second-order valence-electron chi connectivity index (χ2n) is 1.65. The highest BCUT2D eigenvalue weighted by Gasteiger charge is 2.06. The van der Waals surface area contributed by atoms with Crippen molar-refractivity contribution in [3.63, 3.8) is 0 Å². The van der Waals surface area contributed by atoms with Crippen LogP contribution in [-0.2, 0) is 9.59 Å². The standard InChI is InChI=1S/C6H9BrO2S/c1-2-10-6(9)3-5(8)4-7/h2-4H2,1H3. The Bertz CT molecular complexity index is 136. The molecule has 0 fully saturated rings. The van der Waals surface area contributed by atoms with Crippen LogP contribution in [0, 0.1) is 0 Å². The summed E-state index contributed by atoms with van der Waals surface area (Å²) in [5, 5.41) is 0.246. The summed E-state index contributed by atoms with van der Waals surface area (Å²) >= 11 is 4.18. The molecule has 0 aromatic heterocycles. The molecule has 0 aliphatic heterocycles. The molecule has 0 bridgehead atoms. The minimum absolute atomic E-state index is 0.0352. The first kappa shape index (κ1) is 10.2. The van der Waals surface area contributed by atoms with E-state index in [1.165, 1.54) is 11.8 Å². The van der Waals surface area contributed by atoms with Gasteiger partial charge in [0.25, 0.3) is 0 Å². The van der Waals surface area contributed by atoms with Crippen molar-refractivity contribution in [3.8, 4) is 0 Å². The monoisotopic (exact) mass is 224 g/mol. The number of thioether (sulfide) groups is 1. The van der Waals surface area contributed by atoms with Gasteiger partial charge in [0.15, 0.2) is 10.9 Å². The van der Waals surface area contributed by atoms with Crippen molar-refractivity contribution in [2.45, 2.75) is 13.3 Å². The molecule has 0 heterocycles. The maximum absolute atomic E-state index is 10.7. The predicted molar refractivity (Wildman–Crippen MR) is 46.6 cm³/mol. The summed E-state index contributed by atoms with van der Waals surface area (Å²) in [4.78, 5) is 21.3. The van der Waals surface area contributed by atoms with Crippen molar-refractivity contribution in [2.24, 2.45) is 0 Å². The molecule has 10 heavy (non-hydrogen) atoms. The highest BCUT2D eigenvalue weighted by atomic mass is 79.9. The van der Waals surface area contributed by atoms with Gasteiger partial charge >= 0.3 is 0 Å². The summed E-state index contributed by atoms with van der Waals surface area (Å²) < 4.78 is 0. The van der Waals surface area contributed by atoms with Gasteiger partial charge in [-0.15, -0.1) is 0 Å². The van der Waals surface area contributed by atoms with Crippen molar-refractivity contribution in [1.29, 1.82) is 0 Å². The fourth-order valence-corrected chi connectivity index (χ4v) is 1.20. The van der Waals surface area contributed by atoms with Crippen LogP contribution in [0.2, 0.25) is 0 Å². The van der Waals surface area contributed by atoms with Crippen LogP contribution >= 0.6 is 27.7 Å². The van der Waals surface area contributed by atoms with Gasteiger partial charge in [-0.1, -0.05) is 34.6 Å². The van der Waals surface area contributed by atoms with Gasteiger partial charge in [-0.2, -0.15) is 0 Å². The number of carbonyl (C=O) groups excluding carboxylic acids is 2. The molecule has 0 radical (unpaired) electrons. The number of halogens is 1. The van der Waals surface area contributed by atoms with E-state index in [0.717, 1.165) is 5.75 Å². The van der Waals surface area contributed by atoms with Crippen LogP contribution in [0.3, 0.4) is 0 Å². The second kappa shape index (κ2) is 5.92. The molecular weight excluding hydrogens is 216 g/mol. The largest absolute Gasteiger partial charge is 0.298 e. The number of alkyl halides is 1. The van der Waals surface area contributed by atoms with Gasteiger partial charge in [0.05, 0.1) is 11.8 Å². The summed E-state index contributed by atoms with van der Waals surface area (Å²) in [5.41, 5.74) is 0. The quantitative estimate of drug-likeness (QED) is 0.538. The Labute approximate surface area is 72.9 Å². The third kappa shape index (κ3) is 4.99. The molecule has 0 atom stereocenters. The molecule has 0 aliphatic rings. The molecule has 0 rings (SSSR count). The van der Waals surface area contributed by atoms with Crippen LogP contribution in [0.15, 0.2) is 0 Å². The van der Waals surface area contributed by atoms with E-state index in [-0.39, 0.29) is 22.6 Å². The lowest BCUT2D eigenvalue weighted by atomic mass is 10.3. The predicted octanol–water partition coefficient (Wildman–Crippen LogP) is 1.62. The Kier molecular flexibility index (Phi) is 6.02. The average Bonchev–Trinajstić information content (AvgIpc) is 1.88. The van der Waals surface area contributed by atoms with Crippen LogP contribution in [0.5, 0.6) is 0 Å². The van der Waals surface area contributed by atoms with E-state index >= 15 is 0 Å². The molecule has 0 amide bonds. The summed E-state index contributed by atoms with van der Waals surface area (Å²) in [6.07, 6.45) is 0.0593. The van der Waals surface area contributed by atoms with E-state index < -0.39 is 0 Å². The Balaban J connectivity index is 3.47. The van der Waals surface area contributed by atoms with Gasteiger partial charge in [-0.25, -0.2) is 0 Å². The van der Waals surface area contributed by atoms with Gasteiger partial charge < -0.3 is 0 Å². The van der Waals surface area contributed by atoms with Gasteiger partial charge in [-0.3, -0.25) is 9.59 Å². The zero-order chi connectivity index (χ0) is 7.98. The van der Waals surface area contributed by atoms with Gasteiger partial charge in [0.1, 0.15) is 0 Å². The molecule has 58 valence electrons. The van der Waals surface area contributed by atoms with Crippen molar-refractivity contribution in [1.82, 2.24) is 0 Å². The van der Waals surface area contributed by atoms with E-state index in [9.17, 15) is 9.59 Å². The average molecular weight is 225 g/mol. The molecule has 0 aromatic rings. The van der Waals surface area contributed by atoms with Crippen molar-refractivity contribution in [3.05, 3.63) is 0 Å². The van der Waals surface area contributed by atoms with E-state index in [1.807, 2.05) is 6.92 Å². The molecule has 0 aliphatic carbocycles. The number of ketones is 1. The molecular formula is C6H9BrO2S. The third-order valence-corrected chi connectivity index (χ3v) is 2.18. The second-order valence-corrected chi connectivity index (χ2v) is 3.54. The first-order valence-electron chi connectivity index (χ1n) is 2.94. The van der Waals surface area contributed by atoms with Crippen LogP contribution in [0.25, 0.3) is 0 Å². The first-order valence-corrected chi connectivity index (χ1v) is 5.04. The molecule has 4 heteroatoms. The summed E-state index contributed by atoms with van der Waals surface area (Å²) in [6, 6.07) is 0. The number of rotatable bonds is 4. The highest BCUT2D eigenvalue weighted by Crippen LogP contribution is 2.04. The molecule has 0 aromatic carbocycles. The summed E-state index contributed by atoms with van der Waals surface area (Å²) in [7, 11) is 0. The number of carbonyl (C=O) groups is 2. The van der Waals surface area contributed by atoms with E-state index in [4.69, 9.17) is 0 Å². The van der Waals surface area contributed by atoms with Gasteiger partial charge in [0, 0.05) is 0 Å². The molecule has 0 unspecified atom stereocenters. The van der Waals surface area contributed by atoms with Crippen LogP contribution in [0.4, 0.5) is 0 Å². The molecule has 0 saturated carbocycles. The zero-order valence-corrected chi connectivity index (χ0v) is 8.13. The topological polar surface area (TPSA) is 34.1 Å². The minimum Gasteiger partial charge on any atom is -0.298 e. The van der Waals surface area contributed by atoms with E-state index in [2.05, 4.69) is 15.9 Å². The fourth-order valence-electron chi connectivity index (χ4n) is 0.420. The fraction of sp³-hybridized carbons (Fsp3) is 0.667. The minimum atomic E-state index is -0.0500. The Morgan fingerprint density at radius 3 is 2.50 bits per heavy atom. The van der Waals surface area contributed by atoms with Gasteiger partial charge in [0.2, 0.25) is 0 Å². The summed E-state index contributed by atoms with van der Waals surface area (Å²) in [6.45, 7) is 1.89. The maximum atomic E-state index is 10.7. The molecule has 0 N–H and O–H groups in total. The van der Waals surface area contributed by atoms with Gasteiger partial charge in [-0.05, 0) is 5.75 Å². The zero-order valence-electron chi connectivity index (χ0n) is 5.72. The maximum Gasteiger partial charge on any atom is 0.196 e. The van der Waals surface area contributed by atoms with Crippen LogP contribution in [0.1, 0.15) is 13.3 Å². The number of Topliss-reactive ketones (excluding diaryl/α,β-unsaturated/α-hetero) is 1. The molecule has 2 nitrogen and oxygen atoms in total. The van der Waals surface area contributed by atoms with E-state index in [0.29, 0.717) is 0 Å². The first-order chi connectivity index (χ1) is 4.70. The lowest BCUT2D eigenvalue weighted by Crippen LogP contribution is -2.05. The number of hydrogen-bond acceptors (Lipinski definition) is 3. The van der Waals surface area contributed by atoms with Crippen molar-refractivity contribution >= 4 is 38.6 Å². The van der Waals surface area contributed by atoms with E-state index in [1.54, 1.807) is 0 Å².